The van der Waals surface area contributed by atoms with Crippen LogP contribution in [-0.4, -0.2) is 8.58 Å². The Hall–Kier alpha value is -2.24. The average Bonchev–Trinajstić information content (AvgIpc) is 3.24. The summed E-state index contributed by atoms with van der Waals surface area (Å²) in [6.45, 7) is 0. The fourth-order valence-corrected chi connectivity index (χ4v) is 7.27. The molecular formula is C23H14INS. The highest BCUT2D eigenvalue weighted by Gasteiger charge is 2.18. The molecule has 0 radical (unpaired) electrons. The highest BCUT2D eigenvalue weighted by Crippen LogP contribution is 2.43. The molecule has 0 saturated carbocycles. The van der Waals surface area contributed by atoms with Crippen molar-refractivity contribution in [2.24, 2.45) is 0 Å². The number of rotatable bonds is 1. The third-order valence-electron chi connectivity index (χ3n) is 5.04. The van der Waals surface area contributed by atoms with Crippen molar-refractivity contribution in [3.05, 3.63) is 81.3 Å². The van der Waals surface area contributed by atoms with Crippen LogP contribution in [0.3, 0.4) is 0 Å². The number of aromatic nitrogens is 1. The zero-order chi connectivity index (χ0) is 17.1. The monoisotopic (exact) mass is 463 g/mol. The van der Waals surface area contributed by atoms with Gasteiger partial charge in [0.25, 0.3) is 0 Å². The van der Waals surface area contributed by atoms with E-state index in [4.69, 9.17) is 0 Å². The number of fused-ring (bicyclic) bond motifs is 7. The molecule has 0 saturated heterocycles. The molecule has 3 heterocycles. The lowest BCUT2D eigenvalue weighted by Crippen LogP contribution is -1.92. The van der Waals surface area contributed by atoms with Gasteiger partial charge in [0.15, 0.2) is 0 Å². The van der Waals surface area contributed by atoms with Gasteiger partial charge in [-0.3, -0.25) is 0 Å². The quantitative estimate of drug-likeness (QED) is 0.234. The van der Waals surface area contributed by atoms with E-state index in [-0.39, 0.29) is 20.7 Å². The highest BCUT2D eigenvalue weighted by molar-refractivity contribution is 14.2. The topological polar surface area (TPSA) is 4.93 Å². The Morgan fingerprint density at radius 2 is 1.62 bits per heavy atom. The van der Waals surface area contributed by atoms with E-state index < -0.39 is 0 Å². The van der Waals surface area contributed by atoms with Crippen molar-refractivity contribution >= 4 is 74.0 Å². The van der Waals surface area contributed by atoms with E-state index in [0.717, 1.165) is 0 Å². The van der Waals surface area contributed by atoms with Gasteiger partial charge in [0.05, 0.1) is 11.0 Å². The number of halogens is 1. The SMILES string of the molecule is C1=Cc2c(sc3c2ccc2c3c3ccccc3n2-c2ccccc2)C=I1. The zero-order valence-electron chi connectivity index (χ0n) is 13.8. The number of hydrogen-bond donors (Lipinski definition) is 0. The maximum Gasteiger partial charge on any atom is 0.0555 e. The molecule has 0 fully saturated rings. The first-order valence-corrected chi connectivity index (χ1v) is 11.9. The molecule has 3 aromatic carbocycles. The van der Waals surface area contributed by atoms with Crippen LogP contribution in [0.25, 0.3) is 43.7 Å². The number of benzene rings is 3. The summed E-state index contributed by atoms with van der Waals surface area (Å²) in [5.41, 5.74) is 5.20. The number of para-hydroxylation sites is 2. The smallest absolute Gasteiger partial charge is 0.0555 e. The third-order valence-corrected chi connectivity index (χ3v) is 8.40. The third kappa shape index (κ3) is 1.98. The molecule has 5 aromatic rings. The van der Waals surface area contributed by atoms with Crippen molar-refractivity contribution in [2.75, 3.05) is 0 Å². The van der Waals surface area contributed by atoms with Gasteiger partial charge in [0, 0.05) is 37.0 Å². The van der Waals surface area contributed by atoms with E-state index in [1.54, 1.807) is 0 Å². The molecule has 0 aliphatic carbocycles. The molecule has 26 heavy (non-hydrogen) atoms. The lowest BCUT2D eigenvalue weighted by molar-refractivity contribution is 1.18. The second-order valence-corrected chi connectivity index (χ2v) is 9.55. The fraction of sp³-hybridized carbons (Fsp3) is 0. The summed E-state index contributed by atoms with van der Waals surface area (Å²) in [4.78, 5) is 1.46. The predicted molar refractivity (Wildman–Crippen MR) is 124 cm³/mol. The van der Waals surface area contributed by atoms with Crippen LogP contribution in [0.4, 0.5) is 0 Å². The number of nitrogens with zero attached hydrogens (tertiary/aromatic N) is 1. The summed E-state index contributed by atoms with van der Waals surface area (Å²) in [6.07, 6.45) is 2.34. The molecule has 1 aliphatic rings. The Bertz CT molecular complexity index is 1370. The van der Waals surface area contributed by atoms with Crippen LogP contribution in [0, 0.1) is 0 Å². The summed E-state index contributed by atoms with van der Waals surface area (Å²) in [7, 11) is 0. The zero-order valence-corrected chi connectivity index (χ0v) is 16.8. The minimum Gasteiger partial charge on any atom is -0.309 e. The largest absolute Gasteiger partial charge is 0.309 e. The molecule has 1 nitrogen and oxygen atoms in total. The summed E-state index contributed by atoms with van der Waals surface area (Å²) in [5, 5.41) is 4.13. The van der Waals surface area contributed by atoms with E-state index >= 15 is 0 Å². The van der Waals surface area contributed by atoms with Gasteiger partial charge in [-0.25, -0.2) is 0 Å². The van der Waals surface area contributed by atoms with E-state index in [1.807, 2.05) is 11.3 Å². The highest BCUT2D eigenvalue weighted by atomic mass is 127. The first kappa shape index (κ1) is 14.9. The van der Waals surface area contributed by atoms with E-state index in [1.165, 1.54) is 48.0 Å². The van der Waals surface area contributed by atoms with Gasteiger partial charge in [0.1, 0.15) is 0 Å². The standard InChI is InChI=1S/C23H14INS/c1-2-6-15(7-3-1)25-19-9-5-4-8-18(19)22-20(25)11-10-17-16-12-13-24-14-21(16)26-23(17)22/h1-14H. The molecule has 0 atom stereocenters. The maximum absolute atomic E-state index is 2.46. The van der Waals surface area contributed by atoms with Crippen LogP contribution in [0.15, 0.2) is 70.8 Å². The van der Waals surface area contributed by atoms with Crippen molar-refractivity contribution in [3.63, 3.8) is 0 Å². The van der Waals surface area contributed by atoms with Crippen LogP contribution < -0.4 is 0 Å². The van der Waals surface area contributed by atoms with Crippen molar-refractivity contribution in [1.29, 1.82) is 0 Å². The summed E-state index contributed by atoms with van der Waals surface area (Å²) >= 11 is 2.04. The van der Waals surface area contributed by atoms with Crippen molar-refractivity contribution < 1.29 is 0 Å². The summed E-state index contributed by atoms with van der Waals surface area (Å²) in [5.74, 6) is 0. The molecule has 0 unspecified atom stereocenters. The molecule has 0 N–H and O–H groups in total. The van der Waals surface area contributed by atoms with Crippen LogP contribution in [0.1, 0.15) is 10.4 Å². The van der Waals surface area contributed by atoms with Gasteiger partial charge in [-0.05, 0) is 38.4 Å². The van der Waals surface area contributed by atoms with Crippen LogP contribution >= 0.6 is 32.1 Å². The molecule has 2 aromatic heterocycles. The first-order chi connectivity index (χ1) is 12.9. The Morgan fingerprint density at radius 1 is 0.769 bits per heavy atom. The Labute approximate surface area is 164 Å². The fourth-order valence-electron chi connectivity index (χ4n) is 3.95. The molecule has 0 amide bonds. The van der Waals surface area contributed by atoms with Crippen molar-refractivity contribution in [2.45, 2.75) is 0 Å². The van der Waals surface area contributed by atoms with Crippen LogP contribution in [-0.2, 0) is 0 Å². The Balaban J connectivity index is 1.85. The number of hydrogen-bond acceptors (Lipinski definition) is 1. The van der Waals surface area contributed by atoms with Crippen LogP contribution in [0.2, 0.25) is 0 Å². The minimum atomic E-state index is 0.0766. The van der Waals surface area contributed by atoms with E-state index in [9.17, 15) is 0 Å². The lowest BCUT2D eigenvalue weighted by atomic mass is 10.1. The van der Waals surface area contributed by atoms with Crippen molar-refractivity contribution in [1.82, 2.24) is 4.57 Å². The van der Waals surface area contributed by atoms with Gasteiger partial charge >= 0.3 is 0 Å². The minimum absolute atomic E-state index is 0.0766. The lowest BCUT2D eigenvalue weighted by Gasteiger charge is -2.07. The van der Waals surface area contributed by atoms with Gasteiger partial charge in [-0.15, -0.1) is 11.3 Å². The molecule has 0 bridgehead atoms. The summed E-state index contributed by atoms with van der Waals surface area (Å²) in [6, 6.07) is 24.1. The second kappa shape index (κ2) is 5.63. The van der Waals surface area contributed by atoms with Gasteiger partial charge in [0.2, 0.25) is 0 Å². The summed E-state index contributed by atoms with van der Waals surface area (Å²) < 4.78 is 8.64. The van der Waals surface area contributed by atoms with Crippen molar-refractivity contribution in [3.8, 4) is 5.69 Å². The second-order valence-electron chi connectivity index (χ2n) is 6.43. The normalized spacial score (nSPS) is 13.4. The Kier molecular flexibility index (Phi) is 3.22. The molecule has 6 rings (SSSR count). The van der Waals surface area contributed by atoms with E-state index in [2.05, 4.69) is 85.5 Å². The molecular weight excluding hydrogens is 449 g/mol. The first-order valence-electron chi connectivity index (χ1n) is 8.57. The molecule has 1 aliphatic heterocycles. The molecule has 0 spiro atoms. The van der Waals surface area contributed by atoms with Crippen LogP contribution in [0.5, 0.6) is 0 Å². The molecule has 124 valence electrons. The average molecular weight is 463 g/mol. The number of thiophene rings is 1. The van der Waals surface area contributed by atoms with Gasteiger partial charge in [-0.1, -0.05) is 63.2 Å². The van der Waals surface area contributed by atoms with Gasteiger partial charge < -0.3 is 4.57 Å². The molecule has 3 heteroatoms. The maximum atomic E-state index is 2.46. The Morgan fingerprint density at radius 3 is 2.54 bits per heavy atom. The predicted octanol–water partition coefficient (Wildman–Crippen LogP) is 7.10. The van der Waals surface area contributed by atoms with E-state index in [0.29, 0.717) is 0 Å². The van der Waals surface area contributed by atoms with Gasteiger partial charge in [-0.2, -0.15) is 0 Å².